The molecule has 1 amide bonds. The molecule has 1 heterocycles. The molecular weight excluding hydrogens is 204 g/mol. The summed E-state index contributed by atoms with van der Waals surface area (Å²) in [5, 5.41) is 5.82. The number of anilines is 1. The monoisotopic (exact) mass is 220 g/mol. The number of rotatable bonds is 4. The van der Waals surface area contributed by atoms with Gasteiger partial charge in [-0.3, -0.25) is 4.79 Å². The first-order valence-corrected chi connectivity index (χ1v) is 5.49. The lowest BCUT2D eigenvalue weighted by atomic mass is 10.4. The average Bonchev–Trinajstić information content (AvgIpc) is 2.97. The first kappa shape index (κ1) is 10.9. The number of aryl methyl sites for hydroxylation is 2. The summed E-state index contributed by atoms with van der Waals surface area (Å²) in [7, 11) is 0. The largest absolute Gasteiger partial charge is 0.352 e. The number of hydrogen-bond acceptors (Lipinski definition) is 4. The minimum Gasteiger partial charge on any atom is -0.352 e. The number of nitrogens with one attached hydrogen (secondary N) is 2. The molecule has 0 unspecified atom stereocenters. The second kappa shape index (κ2) is 4.47. The molecule has 0 spiro atoms. The van der Waals surface area contributed by atoms with Crippen LogP contribution in [0.3, 0.4) is 0 Å². The summed E-state index contributed by atoms with van der Waals surface area (Å²) in [6, 6.07) is 2.30. The summed E-state index contributed by atoms with van der Waals surface area (Å²) >= 11 is 0. The molecule has 5 nitrogen and oxygen atoms in total. The summed E-state index contributed by atoms with van der Waals surface area (Å²) < 4.78 is 0. The molecule has 5 heteroatoms. The van der Waals surface area contributed by atoms with Crippen molar-refractivity contribution in [2.75, 3.05) is 11.9 Å². The highest BCUT2D eigenvalue weighted by atomic mass is 16.2. The minimum absolute atomic E-state index is 0.00487. The highest BCUT2D eigenvalue weighted by Crippen LogP contribution is 2.18. The van der Waals surface area contributed by atoms with Crippen molar-refractivity contribution < 1.29 is 4.79 Å². The van der Waals surface area contributed by atoms with E-state index in [0.29, 0.717) is 12.0 Å². The van der Waals surface area contributed by atoms with Gasteiger partial charge < -0.3 is 10.6 Å². The Morgan fingerprint density at radius 1 is 1.38 bits per heavy atom. The van der Waals surface area contributed by atoms with Gasteiger partial charge in [-0.1, -0.05) is 0 Å². The summed E-state index contributed by atoms with van der Waals surface area (Å²) in [6.07, 6.45) is 2.21. The molecule has 0 aromatic carbocycles. The van der Waals surface area contributed by atoms with Gasteiger partial charge in [-0.25, -0.2) is 9.97 Å². The molecule has 0 saturated heterocycles. The van der Waals surface area contributed by atoms with Gasteiger partial charge in [0.05, 0.1) is 6.54 Å². The quantitative estimate of drug-likeness (QED) is 0.787. The number of amides is 1. The number of carbonyl (C=O) groups excluding carboxylic acids is 1. The van der Waals surface area contributed by atoms with Gasteiger partial charge in [-0.2, -0.15) is 0 Å². The highest BCUT2D eigenvalue weighted by molar-refractivity contribution is 5.80. The third-order valence-corrected chi connectivity index (χ3v) is 2.33. The lowest BCUT2D eigenvalue weighted by molar-refractivity contribution is -0.119. The van der Waals surface area contributed by atoms with Crippen LogP contribution in [0, 0.1) is 13.8 Å². The van der Waals surface area contributed by atoms with Crippen LogP contribution in [0.4, 0.5) is 5.95 Å². The van der Waals surface area contributed by atoms with E-state index >= 15 is 0 Å². The van der Waals surface area contributed by atoms with Crippen molar-refractivity contribution in [1.82, 2.24) is 15.3 Å². The van der Waals surface area contributed by atoms with Crippen LogP contribution in [0.25, 0.3) is 0 Å². The third kappa shape index (κ3) is 3.18. The van der Waals surface area contributed by atoms with Crippen molar-refractivity contribution in [3.63, 3.8) is 0 Å². The van der Waals surface area contributed by atoms with E-state index in [1.807, 2.05) is 19.9 Å². The van der Waals surface area contributed by atoms with Crippen LogP contribution in [-0.2, 0) is 4.79 Å². The highest BCUT2D eigenvalue weighted by Gasteiger charge is 2.22. The first-order chi connectivity index (χ1) is 7.63. The van der Waals surface area contributed by atoms with Crippen molar-refractivity contribution in [1.29, 1.82) is 0 Å². The fraction of sp³-hybridized carbons (Fsp3) is 0.545. The maximum Gasteiger partial charge on any atom is 0.239 e. The summed E-state index contributed by atoms with van der Waals surface area (Å²) in [4.78, 5) is 19.8. The first-order valence-electron chi connectivity index (χ1n) is 5.49. The molecule has 1 aromatic heterocycles. The molecule has 1 aromatic rings. The van der Waals surface area contributed by atoms with Crippen LogP contribution in [0.1, 0.15) is 24.2 Å². The second-order valence-corrected chi connectivity index (χ2v) is 4.17. The van der Waals surface area contributed by atoms with Gasteiger partial charge >= 0.3 is 0 Å². The number of carbonyl (C=O) groups is 1. The number of hydrogen-bond donors (Lipinski definition) is 2. The minimum atomic E-state index is 0.00487. The van der Waals surface area contributed by atoms with E-state index in [0.717, 1.165) is 24.2 Å². The number of nitrogens with zero attached hydrogens (tertiary/aromatic N) is 2. The van der Waals surface area contributed by atoms with Crippen molar-refractivity contribution in [3.8, 4) is 0 Å². The second-order valence-electron chi connectivity index (χ2n) is 4.17. The maximum absolute atomic E-state index is 11.4. The van der Waals surface area contributed by atoms with Crippen LogP contribution in [0.5, 0.6) is 0 Å². The van der Waals surface area contributed by atoms with E-state index in [-0.39, 0.29) is 12.5 Å². The van der Waals surface area contributed by atoms with Crippen LogP contribution in [0.15, 0.2) is 6.07 Å². The van der Waals surface area contributed by atoms with Crippen LogP contribution in [-0.4, -0.2) is 28.5 Å². The molecule has 0 aliphatic heterocycles. The summed E-state index contributed by atoms with van der Waals surface area (Å²) in [6.45, 7) is 4.05. The zero-order chi connectivity index (χ0) is 11.5. The Morgan fingerprint density at radius 3 is 2.56 bits per heavy atom. The summed E-state index contributed by atoms with van der Waals surface area (Å²) in [5.74, 6) is 0.522. The normalized spacial score (nSPS) is 14.6. The standard InChI is InChI=1S/C11H16N4O/c1-7-5-8(2)14-11(13-7)12-6-10(16)15-9-3-4-9/h5,9H,3-4,6H2,1-2H3,(H,15,16)(H,12,13,14). The Balaban J connectivity index is 1.85. The van der Waals surface area contributed by atoms with Crippen LogP contribution < -0.4 is 10.6 Å². The summed E-state index contributed by atoms with van der Waals surface area (Å²) in [5.41, 5.74) is 1.80. The Bertz CT molecular complexity index is 381. The van der Waals surface area contributed by atoms with Gasteiger partial charge in [0, 0.05) is 17.4 Å². The molecule has 86 valence electrons. The zero-order valence-electron chi connectivity index (χ0n) is 9.58. The van der Waals surface area contributed by atoms with Gasteiger partial charge in [0.15, 0.2) is 0 Å². The maximum atomic E-state index is 11.4. The molecule has 2 rings (SSSR count). The van der Waals surface area contributed by atoms with E-state index < -0.39 is 0 Å². The van der Waals surface area contributed by atoms with Crippen molar-refractivity contribution in [3.05, 3.63) is 17.5 Å². The van der Waals surface area contributed by atoms with Gasteiger partial charge in [-0.15, -0.1) is 0 Å². The van der Waals surface area contributed by atoms with E-state index in [1.165, 1.54) is 0 Å². The molecular formula is C11H16N4O. The number of aromatic nitrogens is 2. The third-order valence-electron chi connectivity index (χ3n) is 2.33. The average molecular weight is 220 g/mol. The van der Waals surface area contributed by atoms with E-state index in [1.54, 1.807) is 0 Å². The Morgan fingerprint density at radius 2 is 2.00 bits per heavy atom. The molecule has 0 bridgehead atoms. The fourth-order valence-corrected chi connectivity index (χ4v) is 1.47. The van der Waals surface area contributed by atoms with Gasteiger partial charge in [-0.05, 0) is 32.8 Å². The van der Waals surface area contributed by atoms with E-state index in [9.17, 15) is 4.79 Å². The molecule has 16 heavy (non-hydrogen) atoms. The van der Waals surface area contributed by atoms with Crippen molar-refractivity contribution in [2.45, 2.75) is 32.7 Å². The predicted octanol–water partition coefficient (Wildman–Crippen LogP) is 0.784. The van der Waals surface area contributed by atoms with E-state index in [2.05, 4.69) is 20.6 Å². The van der Waals surface area contributed by atoms with Crippen molar-refractivity contribution in [2.24, 2.45) is 0 Å². The Kier molecular flexibility index (Phi) is 3.03. The SMILES string of the molecule is Cc1cc(C)nc(NCC(=O)NC2CC2)n1. The van der Waals surface area contributed by atoms with Crippen LogP contribution >= 0.6 is 0 Å². The van der Waals surface area contributed by atoms with Gasteiger partial charge in [0.25, 0.3) is 0 Å². The molecule has 1 saturated carbocycles. The molecule has 2 N–H and O–H groups in total. The topological polar surface area (TPSA) is 66.9 Å². The molecule has 0 atom stereocenters. The lowest BCUT2D eigenvalue weighted by Crippen LogP contribution is -2.31. The molecule has 1 aliphatic carbocycles. The Labute approximate surface area is 94.7 Å². The van der Waals surface area contributed by atoms with Crippen molar-refractivity contribution >= 4 is 11.9 Å². The van der Waals surface area contributed by atoms with Gasteiger partial charge in [0.2, 0.25) is 11.9 Å². The zero-order valence-corrected chi connectivity index (χ0v) is 9.58. The van der Waals surface area contributed by atoms with E-state index in [4.69, 9.17) is 0 Å². The van der Waals surface area contributed by atoms with Gasteiger partial charge in [0.1, 0.15) is 0 Å². The fourth-order valence-electron chi connectivity index (χ4n) is 1.47. The molecule has 1 fully saturated rings. The van der Waals surface area contributed by atoms with Crippen LogP contribution in [0.2, 0.25) is 0 Å². The predicted molar refractivity (Wildman–Crippen MR) is 61.2 cm³/mol. The molecule has 0 radical (unpaired) electrons. The molecule has 1 aliphatic rings. The smallest absolute Gasteiger partial charge is 0.239 e. The Hall–Kier alpha value is -1.65. The lowest BCUT2D eigenvalue weighted by Gasteiger charge is -2.06.